The van der Waals surface area contributed by atoms with Crippen molar-refractivity contribution >= 4 is 11.5 Å². The average molecular weight is 380 g/mol. The monoisotopic (exact) mass is 380 g/mol. The number of aromatic hydroxyl groups is 2. The molecule has 0 aliphatic heterocycles. The number of phenols is 2. The SMILES string of the molecule is COC(=O)CCCC(=C(c1ccc(O)cc1)c1ccc(O)cc1)C1CCCC1. The van der Waals surface area contributed by atoms with Gasteiger partial charge >= 0.3 is 5.97 Å². The summed E-state index contributed by atoms with van der Waals surface area (Å²) in [5.41, 5.74) is 4.60. The third kappa shape index (κ3) is 4.94. The first-order valence-electron chi connectivity index (χ1n) is 9.97. The zero-order chi connectivity index (χ0) is 19.9. The van der Waals surface area contributed by atoms with Gasteiger partial charge in [-0.15, -0.1) is 0 Å². The van der Waals surface area contributed by atoms with Crippen LogP contribution in [0.5, 0.6) is 11.5 Å². The highest BCUT2D eigenvalue weighted by Gasteiger charge is 2.24. The third-order valence-electron chi connectivity index (χ3n) is 5.54. The predicted molar refractivity (Wildman–Crippen MR) is 110 cm³/mol. The molecule has 148 valence electrons. The second-order valence-electron chi connectivity index (χ2n) is 7.41. The highest BCUT2D eigenvalue weighted by atomic mass is 16.5. The molecule has 0 atom stereocenters. The Morgan fingerprint density at radius 2 is 1.39 bits per heavy atom. The predicted octanol–water partition coefficient (Wildman–Crippen LogP) is 5.43. The van der Waals surface area contributed by atoms with Crippen LogP contribution in [0.1, 0.15) is 56.1 Å². The number of methoxy groups -OCH3 is 1. The highest BCUT2D eigenvalue weighted by Crippen LogP contribution is 2.41. The molecule has 0 heterocycles. The molecule has 2 aromatic rings. The van der Waals surface area contributed by atoms with Crippen LogP contribution in [0, 0.1) is 5.92 Å². The molecule has 1 aliphatic rings. The van der Waals surface area contributed by atoms with Crippen molar-refractivity contribution < 1.29 is 19.7 Å². The molecule has 1 aliphatic carbocycles. The van der Waals surface area contributed by atoms with Crippen LogP contribution in [0.3, 0.4) is 0 Å². The molecule has 2 N–H and O–H groups in total. The fourth-order valence-electron chi connectivity index (χ4n) is 4.13. The van der Waals surface area contributed by atoms with Gasteiger partial charge in [0, 0.05) is 6.42 Å². The third-order valence-corrected chi connectivity index (χ3v) is 5.54. The molecule has 2 aromatic carbocycles. The van der Waals surface area contributed by atoms with E-state index in [-0.39, 0.29) is 17.5 Å². The number of carbonyl (C=O) groups is 1. The fourth-order valence-corrected chi connectivity index (χ4v) is 4.13. The summed E-state index contributed by atoms with van der Waals surface area (Å²) in [4.78, 5) is 11.6. The molecule has 28 heavy (non-hydrogen) atoms. The van der Waals surface area contributed by atoms with E-state index in [0.29, 0.717) is 12.3 Å². The summed E-state index contributed by atoms with van der Waals surface area (Å²) in [6.07, 6.45) is 6.76. The van der Waals surface area contributed by atoms with Gasteiger partial charge < -0.3 is 14.9 Å². The Hall–Kier alpha value is -2.75. The maximum atomic E-state index is 11.6. The number of allylic oxidation sites excluding steroid dienone is 1. The van der Waals surface area contributed by atoms with Crippen molar-refractivity contribution in [2.45, 2.75) is 44.9 Å². The van der Waals surface area contributed by atoms with E-state index in [2.05, 4.69) is 0 Å². The van der Waals surface area contributed by atoms with Crippen molar-refractivity contribution in [3.8, 4) is 11.5 Å². The summed E-state index contributed by atoms with van der Waals surface area (Å²) >= 11 is 0. The summed E-state index contributed by atoms with van der Waals surface area (Å²) in [6, 6.07) is 14.6. The summed E-state index contributed by atoms with van der Waals surface area (Å²) in [7, 11) is 1.42. The molecule has 0 radical (unpaired) electrons. The molecular weight excluding hydrogens is 352 g/mol. The van der Waals surface area contributed by atoms with Crippen LogP contribution in [-0.2, 0) is 9.53 Å². The first kappa shape index (κ1) is 20.0. The van der Waals surface area contributed by atoms with E-state index in [1.807, 2.05) is 24.3 Å². The van der Waals surface area contributed by atoms with E-state index in [1.54, 1.807) is 24.3 Å². The van der Waals surface area contributed by atoms with E-state index in [1.165, 1.54) is 25.5 Å². The summed E-state index contributed by atoms with van der Waals surface area (Å²) < 4.78 is 4.80. The van der Waals surface area contributed by atoms with Gasteiger partial charge in [-0.1, -0.05) is 42.7 Å². The van der Waals surface area contributed by atoms with Gasteiger partial charge in [0.15, 0.2) is 0 Å². The molecule has 0 bridgehead atoms. The van der Waals surface area contributed by atoms with Crippen LogP contribution in [-0.4, -0.2) is 23.3 Å². The number of rotatable bonds is 7. The smallest absolute Gasteiger partial charge is 0.305 e. The van der Waals surface area contributed by atoms with Crippen molar-refractivity contribution in [3.63, 3.8) is 0 Å². The van der Waals surface area contributed by atoms with Gasteiger partial charge in [-0.2, -0.15) is 0 Å². The molecule has 0 spiro atoms. The zero-order valence-electron chi connectivity index (χ0n) is 16.4. The summed E-state index contributed by atoms with van der Waals surface area (Å²) in [6.45, 7) is 0. The average Bonchev–Trinajstić information content (AvgIpc) is 3.24. The first-order valence-corrected chi connectivity index (χ1v) is 9.97. The normalized spacial score (nSPS) is 14.0. The number of hydrogen-bond donors (Lipinski definition) is 2. The molecule has 1 saturated carbocycles. The van der Waals surface area contributed by atoms with Crippen molar-refractivity contribution in [1.82, 2.24) is 0 Å². The van der Waals surface area contributed by atoms with Crippen molar-refractivity contribution in [2.75, 3.05) is 7.11 Å². The van der Waals surface area contributed by atoms with E-state index >= 15 is 0 Å². The Balaban J connectivity index is 2.06. The van der Waals surface area contributed by atoms with Gasteiger partial charge in [-0.25, -0.2) is 0 Å². The van der Waals surface area contributed by atoms with Crippen LogP contribution in [0.25, 0.3) is 5.57 Å². The Morgan fingerprint density at radius 1 is 0.893 bits per heavy atom. The number of phenolic OH excluding ortho intramolecular Hbond substituents is 2. The quantitative estimate of drug-likeness (QED) is 0.628. The lowest BCUT2D eigenvalue weighted by atomic mass is 9.83. The molecule has 0 amide bonds. The van der Waals surface area contributed by atoms with Crippen LogP contribution in [0.15, 0.2) is 54.1 Å². The summed E-state index contributed by atoms with van der Waals surface area (Å²) in [5.74, 6) is 0.792. The lowest BCUT2D eigenvalue weighted by Crippen LogP contribution is -2.07. The topological polar surface area (TPSA) is 66.8 Å². The zero-order valence-corrected chi connectivity index (χ0v) is 16.4. The van der Waals surface area contributed by atoms with Crippen molar-refractivity contribution in [1.29, 1.82) is 0 Å². The lowest BCUT2D eigenvalue weighted by Gasteiger charge is -2.22. The van der Waals surface area contributed by atoms with E-state index in [9.17, 15) is 15.0 Å². The van der Waals surface area contributed by atoms with Gasteiger partial charge in [0.25, 0.3) is 0 Å². The Kier molecular flexibility index (Phi) is 6.75. The van der Waals surface area contributed by atoms with Gasteiger partial charge in [0.2, 0.25) is 0 Å². The number of benzene rings is 2. The van der Waals surface area contributed by atoms with E-state index < -0.39 is 0 Å². The molecule has 4 nitrogen and oxygen atoms in total. The Bertz CT molecular complexity index is 765. The number of carbonyl (C=O) groups excluding carboxylic acids is 1. The standard InChI is InChI=1S/C24H28O4/c1-28-23(27)8-4-7-22(17-5-2-3-6-17)24(18-9-13-20(25)14-10-18)19-11-15-21(26)16-12-19/h9-17,25-26H,2-8H2,1H3. The number of hydrogen-bond acceptors (Lipinski definition) is 4. The van der Waals surface area contributed by atoms with Gasteiger partial charge in [-0.05, 0) is 72.6 Å². The van der Waals surface area contributed by atoms with Crippen LogP contribution >= 0.6 is 0 Å². The van der Waals surface area contributed by atoms with E-state index in [0.717, 1.165) is 42.4 Å². The molecule has 3 rings (SSSR count). The minimum atomic E-state index is -0.179. The molecule has 4 heteroatoms. The van der Waals surface area contributed by atoms with Crippen molar-refractivity contribution in [2.24, 2.45) is 5.92 Å². The van der Waals surface area contributed by atoms with Gasteiger partial charge in [-0.3, -0.25) is 4.79 Å². The maximum absolute atomic E-state index is 11.6. The maximum Gasteiger partial charge on any atom is 0.305 e. The van der Waals surface area contributed by atoms with E-state index in [4.69, 9.17) is 4.74 Å². The van der Waals surface area contributed by atoms with Gasteiger partial charge in [0.05, 0.1) is 7.11 Å². The van der Waals surface area contributed by atoms with Crippen molar-refractivity contribution in [3.05, 3.63) is 65.2 Å². The Labute approximate surface area is 166 Å². The van der Waals surface area contributed by atoms with Crippen LogP contribution in [0.2, 0.25) is 0 Å². The minimum Gasteiger partial charge on any atom is -0.508 e. The largest absolute Gasteiger partial charge is 0.508 e. The fraction of sp³-hybridized carbons (Fsp3) is 0.375. The number of esters is 1. The van der Waals surface area contributed by atoms with Crippen LogP contribution < -0.4 is 0 Å². The highest BCUT2D eigenvalue weighted by molar-refractivity contribution is 5.83. The molecule has 1 fully saturated rings. The Morgan fingerprint density at radius 3 is 1.86 bits per heavy atom. The number of ether oxygens (including phenoxy) is 1. The molecule has 0 saturated heterocycles. The molecular formula is C24H28O4. The first-order chi connectivity index (χ1) is 13.6. The second-order valence-corrected chi connectivity index (χ2v) is 7.41. The van der Waals surface area contributed by atoms with Gasteiger partial charge in [0.1, 0.15) is 11.5 Å². The molecule has 0 aromatic heterocycles. The minimum absolute atomic E-state index is 0.179. The van der Waals surface area contributed by atoms with Crippen LogP contribution in [0.4, 0.5) is 0 Å². The second kappa shape index (κ2) is 9.45. The summed E-state index contributed by atoms with van der Waals surface area (Å²) in [5, 5.41) is 19.4. The lowest BCUT2D eigenvalue weighted by molar-refractivity contribution is -0.140. The molecule has 0 unspecified atom stereocenters.